The molecule has 0 bridgehead atoms. The lowest BCUT2D eigenvalue weighted by molar-refractivity contribution is -0.140. The molecule has 3 rings (SSSR count). The summed E-state index contributed by atoms with van der Waals surface area (Å²) < 4.78 is 37.9. The van der Waals surface area contributed by atoms with E-state index < -0.39 is 28.5 Å². The van der Waals surface area contributed by atoms with E-state index in [1.807, 2.05) is 44.2 Å². The summed E-state index contributed by atoms with van der Waals surface area (Å²) >= 11 is 6.50. The van der Waals surface area contributed by atoms with Gasteiger partial charge in [0.05, 0.1) is 26.2 Å². The van der Waals surface area contributed by atoms with Crippen molar-refractivity contribution >= 4 is 39.1 Å². The molecule has 0 saturated carbocycles. The van der Waals surface area contributed by atoms with E-state index in [4.69, 9.17) is 21.1 Å². The van der Waals surface area contributed by atoms with Crippen LogP contribution in [0, 0.1) is 0 Å². The van der Waals surface area contributed by atoms with E-state index in [1.54, 1.807) is 36.4 Å². The summed E-state index contributed by atoms with van der Waals surface area (Å²) in [5.74, 6) is -0.319. The molecule has 226 valence electrons. The fourth-order valence-corrected chi connectivity index (χ4v) is 5.43. The molecule has 1 N–H and O–H groups in total. The Morgan fingerprint density at radius 2 is 1.64 bits per heavy atom. The Hall–Kier alpha value is -3.76. The molecule has 0 heterocycles. The Bertz CT molecular complexity index is 1470. The number of ether oxygens (including phenoxy) is 2. The zero-order chi connectivity index (χ0) is 30.9. The van der Waals surface area contributed by atoms with Crippen LogP contribution in [0.25, 0.3) is 0 Å². The Balaban J connectivity index is 2.12. The molecule has 3 aromatic carbocycles. The van der Waals surface area contributed by atoms with Crippen molar-refractivity contribution in [2.45, 2.75) is 45.3 Å². The fraction of sp³-hybridized carbons (Fsp3) is 0.355. The van der Waals surface area contributed by atoms with E-state index in [0.717, 1.165) is 16.1 Å². The van der Waals surface area contributed by atoms with Crippen LogP contribution >= 0.6 is 11.6 Å². The molecule has 0 aliphatic rings. The predicted molar refractivity (Wildman–Crippen MR) is 166 cm³/mol. The van der Waals surface area contributed by atoms with Crippen LogP contribution in [0.5, 0.6) is 11.5 Å². The summed E-state index contributed by atoms with van der Waals surface area (Å²) in [4.78, 5) is 29.4. The summed E-state index contributed by atoms with van der Waals surface area (Å²) in [6.07, 6.45) is 1.91. The molecule has 3 aromatic rings. The molecule has 11 heteroatoms. The number of methoxy groups -OCH3 is 2. The first-order valence-corrected chi connectivity index (χ1v) is 15.8. The molecule has 0 radical (unpaired) electrons. The van der Waals surface area contributed by atoms with Crippen LogP contribution in [-0.2, 0) is 32.6 Å². The van der Waals surface area contributed by atoms with E-state index in [1.165, 1.54) is 25.2 Å². The maximum Gasteiger partial charge on any atom is 0.244 e. The lowest BCUT2D eigenvalue weighted by Gasteiger charge is -2.34. The monoisotopic (exact) mass is 615 g/mol. The number of anilines is 1. The molecule has 0 unspecified atom stereocenters. The van der Waals surface area contributed by atoms with Gasteiger partial charge in [-0.3, -0.25) is 13.9 Å². The summed E-state index contributed by atoms with van der Waals surface area (Å²) in [7, 11) is -1.12. The second kappa shape index (κ2) is 14.9. The molecule has 9 nitrogen and oxygen atoms in total. The van der Waals surface area contributed by atoms with Crippen molar-refractivity contribution in [1.82, 2.24) is 10.2 Å². The first kappa shape index (κ1) is 32.8. The Morgan fingerprint density at radius 3 is 2.24 bits per heavy atom. The highest BCUT2D eigenvalue weighted by molar-refractivity contribution is 7.92. The molecule has 0 spiro atoms. The molecule has 0 aliphatic heterocycles. The van der Waals surface area contributed by atoms with Gasteiger partial charge in [-0.1, -0.05) is 67.1 Å². The minimum atomic E-state index is -3.99. The number of rotatable bonds is 14. The second-order valence-corrected chi connectivity index (χ2v) is 12.3. The van der Waals surface area contributed by atoms with Crippen molar-refractivity contribution in [3.8, 4) is 11.5 Å². The summed E-state index contributed by atoms with van der Waals surface area (Å²) in [6, 6.07) is 20.0. The number of sulfonamides is 1. The molecular weight excluding hydrogens is 578 g/mol. The first-order chi connectivity index (χ1) is 20.0. The van der Waals surface area contributed by atoms with E-state index >= 15 is 0 Å². The van der Waals surface area contributed by atoms with Gasteiger partial charge in [0.1, 0.15) is 24.1 Å². The van der Waals surface area contributed by atoms with Gasteiger partial charge in [-0.15, -0.1) is 0 Å². The molecule has 0 saturated heterocycles. The van der Waals surface area contributed by atoms with Crippen LogP contribution in [0.4, 0.5) is 5.69 Å². The number of nitrogens with zero attached hydrogens (tertiary/aromatic N) is 2. The number of hydrogen-bond donors (Lipinski definition) is 1. The van der Waals surface area contributed by atoms with Crippen LogP contribution in [0.3, 0.4) is 0 Å². The minimum Gasteiger partial charge on any atom is -0.497 e. The third-order valence-corrected chi connectivity index (χ3v) is 8.40. The molecule has 2 atom stereocenters. The first-order valence-electron chi connectivity index (χ1n) is 13.5. The molecule has 0 fully saturated rings. The van der Waals surface area contributed by atoms with Gasteiger partial charge in [-0.2, -0.15) is 0 Å². The van der Waals surface area contributed by atoms with Crippen molar-refractivity contribution in [3.05, 3.63) is 88.9 Å². The number of hydrogen-bond acceptors (Lipinski definition) is 6. The predicted octanol–water partition coefficient (Wildman–Crippen LogP) is 4.68. The maximum atomic E-state index is 14.3. The van der Waals surface area contributed by atoms with Crippen LogP contribution in [0.15, 0.2) is 72.8 Å². The van der Waals surface area contributed by atoms with Gasteiger partial charge in [-0.25, -0.2) is 8.42 Å². The number of benzene rings is 3. The average Bonchev–Trinajstić information content (AvgIpc) is 2.97. The third-order valence-electron chi connectivity index (χ3n) is 6.90. The van der Waals surface area contributed by atoms with Gasteiger partial charge < -0.3 is 19.7 Å². The fourth-order valence-electron chi connectivity index (χ4n) is 4.39. The maximum absolute atomic E-state index is 14.3. The van der Waals surface area contributed by atoms with Crippen LogP contribution < -0.4 is 19.1 Å². The summed E-state index contributed by atoms with van der Waals surface area (Å²) in [5.41, 5.74) is 1.59. The summed E-state index contributed by atoms with van der Waals surface area (Å²) in [6.45, 7) is 3.24. The van der Waals surface area contributed by atoms with Gasteiger partial charge in [-0.05, 0) is 42.7 Å². The minimum absolute atomic E-state index is 0.0171. The smallest absolute Gasteiger partial charge is 0.244 e. The molecule has 42 heavy (non-hydrogen) atoms. The Kier molecular flexibility index (Phi) is 11.6. The van der Waals surface area contributed by atoms with E-state index in [0.29, 0.717) is 22.8 Å². The van der Waals surface area contributed by atoms with Gasteiger partial charge >= 0.3 is 0 Å². The van der Waals surface area contributed by atoms with Gasteiger partial charge in [0.2, 0.25) is 21.8 Å². The highest BCUT2D eigenvalue weighted by atomic mass is 35.5. The van der Waals surface area contributed by atoms with Crippen molar-refractivity contribution in [2.75, 3.05) is 31.3 Å². The van der Waals surface area contributed by atoms with E-state index in [2.05, 4.69) is 5.32 Å². The molecule has 0 aliphatic carbocycles. The number of nitrogens with one attached hydrogen (secondary N) is 1. The standard InChI is InChI=1S/C31H38ClN3O6S/c1-6-22(2)33-31(37)28(18-23-12-8-7-9-13-23)34(20-24-14-10-11-15-26(24)32)30(36)21-35(42(5,38)39)27-19-25(40-3)16-17-29(27)41-4/h7-17,19,22,28H,6,18,20-21H2,1-5H3,(H,33,37)/t22-,28+/m1/s1. The molecule has 0 aromatic heterocycles. The van der Waals surface area contributed by atoms with Crippen molar-refractivity contribution in [3.63, 3.8) is 0 Å². The lowest BCUT2D eigenvalue weighted by Crippen LogP contribution is -2.54. The number of carbonyl (C=O) groups is 2. The van der Waals surface area contributed by atoms with Crippen molar-refractivity contribution in [2.24, 2.45) is 0 Å². The Morgan fingerprint density at radius 1 is 0.976 bits per heavy atom. The van der Waals surface area contributed by atoms with Crippen LogP contribution in [0.1, 0.15) is 31.4 Å². The molecule has 2 amide bonds. The van der Waals surface area contributed by atoms with Gasteiger partial charge in [0.25, 0.3) is 0 Å². The van der Waals surface area contributed by atoms with Crippen LogP contribution in [-0.4, -0.2) is 64.2 Å². The van der Waals surface area contributed by atoms with Crippen LogP contribution in [0.2, 0.25) is 5.02 Å². The SMILES string of the molecule is CC[C@@H](C)NC(=O)[C@H](Cc1ccccc1)N(Cc1ccccc1Cl)C(=O)CN(c1cc(OC)ccc1OC)S(C)(=O)=O. The lowest BCUT2D eigenvalue weighted by atomic mass is 10.0. The van der Waals surface area contributed by atoms with E-state index in [-0.39, 0.29) is 36.4 Å². The van der Waals surface area contributed by atoms with Gasteiger partial charge in [0, 0.05) is 30.1 Å². The van der Waals surface area contributed by atoms with Crippen molar-refractivity contribution < 1.29 is 27.5 Å². The zero-order valence-electron chi connectivity index (χ0n) is 24.5. The van der Waals surface area contributed by atoms with Gasteiger partial charge in [0.15, 0.2) is 0 Å². The highest BCUT2D eigenvalue weighted by Crippen LogP contribution is 2.34. The number of halogens is 1. The largest absolute Gasteiger partial charge is 0.497 e. The molecular formula is C31H38ClN3O6S. The quantitative estimate of drug-likeness (QED) is 0.282. The summed E-state index contributed by atoms with van der Waals surface area (Å²) in [5, 5.41) is 3.42. The average molecular weight is 616 g/mol. The topological polar surface area (TPSA) is 105 Å². The second-order valence-electron chi connectivity index (χ2n) is 9.94. The highest BCUT2D eigenvalue weighted by Gasteiger charge is 2.34. The van der Waals surface area contributed by atoms with Crippen molar-refractivity contribution in [1.29, 1.82) is 0 Å². The normalized spacial score (nSPS) is 12.6. The number of carbonyl (C=O) groups excluding carboxylic acids is 2. The van der Waals surface area contributed by atoms with E-state index in [9.17, 15) is 18.0 Å². The Labute approximate surface area is 253 Å². The zero-order valence-corrected chi connectivity index (χ0v) is 26.1. The third kappa shape index (κ3) is 8.62. The number of amides is 2.